The topological polar surface area (TPSA) is 80.1 Å². The van der Waals surface area contributed by atoms with E-state index in [1.165, 1.54) is 24.3 Å². The maximum Gasteiger partial charge on any atom is 0.416 e. The van der Waals surface area contributed by atoms with Crippen molar-refractivity contribution in [2.45, 2.75) is 19.2 Å². The van der Waals surface area contributed by atoms with Crippen LogP contribution in [0.15, 0.2) is 48.5 Å². The van der Waals surface area contributed by atoms with E-state index in [1.807, 2.05) is 6.07 Å². The van der Waals surface area contributed by atoms with Crippen LogP contribution < -0.4 is 14.8 Å². The molecule has 0 amide bonds. The summed E-state index contributed by atoms with van der Waals surface area (Å²) in [6.07, 6.45) is -3.60. The lowest BCUT2D eigenvalue weighted by molar-refractivity contribution is -0.137. The molecule has 0 saturated heterocycles. The van der Waals surface area contributed by atoms with Gasteiger partial charge in [-0.15, -0.1) is 0 Å². The Morgan fingerprint density at radius 3 is 2.67 bits per heavy atom. The average molecular weight is 542 g/mol. The van der Waals surface area contributed by atoms with Crippen molar-refractivity contribution in [2.75, 3.05) is 17.2 Å². The fraction of sp³-hybridized carbons (Fsp3) is 0.227. The molecule has 3 aromatic rings. The van der Waals surface area contributed by atoms with Gasteiger partial charge in [0, 0.05) is 17.9 Å². The number of anilines is 1. The van der Waals surface area contributed by atoms with Gasteiger partial charge in [-0.25, -0.2) is 4.98 Å². The second-order valence-corrected chi connectivity index (χ2v) is 7.82. The molecule has 6 nitrogen and oxygen atoms in total. The van der Waals surface area contributed by atoms with Crippen LogP contribution in [0.4, 0.5) is 19.0 Å². The zero-order valence-electron chi connectivity index (χ0n) is 17.0. The van der Waals surface area contributed by atoms with E-state index < -0.39 is 11.7 Å². The molecule has 1 heterocycles. The van der Waals surface area contributed by atoms with Crippen LogP contribution in [0.25, 0.3) is 0 Å². The third-order valence-electron chi connectivity index (χ3n) is 4.23. The first-order valence-corrected chi connectivity index (χ1v) is 11.1. The molecule has 1 aromatic heterocycles. The van der Waals surface area contributed by atoms with Gasteiger partial charge in [0.2, 0.25) is 11.2 Å². The van der Waals surface area contributed by atoms with Gasteiger partial charge in [-0.05, 0) is 53.9 Å². The number of alkyl halides is 4. The van der Waals surface area contributed by atoms with Gasteiger partial charge in [-0.1, -0.05) is 28.1 Å². The predicted octanol–water partition coefficient (Wildman–Crippen LogP) is 6.59. The number of benzene rings is 2. The Balaban J connectivity index is 1.70. The lowest BCUT2D eigenvalue weighted by Gasteiger charge is -2.12. The maximum absolute atomic E-state index is 12.9. The Kier molecular flexibility index (Phi) is 8.36. The monoisotopic (exact) mass is 540 g/mol. The summed E-state index contributed by atoms with van der Waals surface area (Å²) in [6.45, 7) is 0.767. The number of aromatic nitrogens is 2. The number of hydrogen-bond acceptors (Lipinski definition) is 6. The molecule has 0 atom stereocenters. The minimum Gasteiger partial charge on any atom is -0.473 e. The van der Waals surface area contributed by atoms with Crippen LogP contribution >= 0.6 is 27.5 Å². The number of nitrogens with zero attached hydrogens (tertiary/aromatic N) is 3. The quantitative estimate of drug-likeness (QED) is 0.187. The standard InChI is InChI=1S/C22H17BrClF3N4O2/c23-7-2-8-29-19-11-20(31-21(24)30-19)32-13-14-5-6-18(15(9-14)12-28)33-17-4-1-3-16(10-17)22(25,26)27/h1,3-6,9-11H,2,7-8,13H2,(H,29,30,31). The van der Waals surface area contributed by atoms with Crippen molar-refractivity contribution < 1.29 is 22.6 Å². The number of halogens is 5. The first-order chi connectivity index (χ1) is 15.8. The van der Waals surface area contributed by atoms with E-state index in [9.17, 15) is 18.4 Å². The molecule has 0 fully saturated rings. The predicted molar refractivity (Wildman–Crippen MR) is 121 cm³/mol. The van der Waals surface area contributed by atoms with Crippen molar-refractivity contribution in [3.05, 3.63) is 70.5 Å². The average Bonchev–Trinajstić information content (AvgIpc) is 2.78. The van der Waals surface area contributed by atoms with Crippen molar-refractivity contribution in [1.82, 2.24) is 9.97 Å². The Hall–Kier alpha value is -3.03. The SMILES string of the molecule is N#Cc1cc(COc2cc(NCCCBr)nc(Cl)n2)ccc1Oc1cccc(C(F)(F)F)c1. The number of nitriles is 1. The van der Waals surface area contributed by atoms with E-state index in [2.05, 4.69) is 31.2 Å². The molecule has 11 heteroatoms. The Morgan fingerprint density at radius 2 is 1.94 bits per heavy atom. The molecule has 0 aliphatic rings. The number of hydrogen-bond donors (Lipinski definition) is 1. The van der Waals surface area contributed by atoms with Gasteiger partial charge in [0.15, 0.2) is 0 Å². The number of ether oxygens (including phenoxy) is 2. The fourth-order valence-electron chi connectivity index (χ4n) is 2.71. The smallest absolute Gasteiger partial charge is 0.416 e. The first-order valence-electron chi connectivity index (χ1n) is 9.64. The van der Waals surface area contributed by atoms with Crippen LogP contribution in [0.2, 0.25) is 5.28 Å². The Bertz CT molecular complexity index is 1160. The number of nitrogens with one attached hydrogen (secondary N) is 1. The van der Waals surface area contributed by atoms with E-state index in [-0.39, 0.29) is 34.8 Å². The molecular weight excluding hydrogens is 525 g/mol. The van der Waals surface area contributed by atoms with Gasteiger partial charge in [0.05, 0.1) is 11.1 Å². The molecule has 0 aliphatic heterocycles. The maximum atomic E-state index is 12.9. The second kappa shape index (κ2) is 11.2. The summed E-state index contributed by atoms with van der Waals surface area (Å²) in [4.78, 5) is 8.10. The van der Waals surface area contributed by atoms with Crippen LogP contribution in [0.3, 0.4) is 0 Å². The molecule has 0 unspecified atom stereocenters. The summed E-state index contributed by atoms with van der Waals surface area (Å²) in [5.74, 6) is 0.873. The second-order valence-electron chi connectivity index (χ2n) is 6.69. The van der Waals surface area contributed by atoms with Gasteiger partial charge in [-0.3, -0.25) is 0 Å². The highest BCUT2D eigenvalue weighted by Gasteiger charge is 2.30. The molecule has 0 saturated carbocycles. The van der Waals surface area contributed by atoms with Gasteiger partial charge < -0.3 is 14.8 Å². The lowest BCUT2D eigenvalue weighted by Crippen LogP contribution is -2.06. The molecular formula is C22H17BrClF3N4O2. The molecule has 0 spiro atoms. The van der Waals surface area contributed by atoms with E-state index in [0.29, 0.717) is 17.9 Å². The lowest BCUT2D eigenvalue weighted by atomic mass is 10.1. The van der Waals surface area contributed by atoms with Crippen LogP contribution in [0.5, 0.6) is 17.4 Å². The first kappa shape index (κ1) is 24.6. The van der Waals surface area contributed by atoms with Gasteiger partial charge in [0.25, 0.3) is 0 Å². The normalized spacial score (nSPS) is 11.0. The van der Waals surface area contributed by atoms with Crippen molar-refractivity contribution in [3.8, 4) is 23.4 Å². The minimum atomic E-state index is -4.49. The van der Waals surface area contributed by atoms with Crippen LogP contribution in [-0.2, 0) is 12.8 Å². The molecule has 1 N–H and O–H groups in total. The van der Waals surface area contributed by atoms with Crippen LogP contribution in [-0.4, -0.2) is 21.8 Å². The molecule has 0 bridgehead atoms. The van der Waals surface area contributed by atoms with E-state index in [0.717, 1.165) is 23.9 Å². The Morgan fingerprint density at radius 1 is 1.12 bits per heavy atom. The molecule has 3 rings (SSSR count). The van der Waals surface area contributed by atoms with E-state index in [1.54, 1.807) is 12.1 Å². The van der Waals surface area contributed by atoms with Gasteiger partial charge in [-0.2, -0.15) is 23.4 Å². The highest BCUT2D eigenvalue weighted by atomic mass is 79.9. The third kappa shape index (κ3) is 7.23. The van der Waals surface area contributed by atoms with Gasteiger partial charge in [0.1, 0.15) is 30.0 Å². The highest BCUT2D eigenvalue weighted by molar-refractivity contribution is 9.09. The highest BCUT2D eigenvalue weighted by Crippen LogP contribution is 2.33. The van der Waals surface area contributed by atoms with E-state index >= 15 is 0 Å². The summed E-state index contributed by atoms with van der Waals surface area (Å²) in [6, 6.07) is 12.7. The van der Waals surface area contributed by atoms with Crippen LogP contribution in [0, 0.1) is 11.3 Å². The van der Waals surface area contributed by atoms with Crippen molar-refractivity contribution in [2.24, 2.45) is 0 Å². The molecule has 0 aliphatic carbocycles. The zero-order valence-corrected chi connectivity index (χ0v) is 19.3. The molecule has 33 heavy (non-hydrogen) atoms. The Labute approximate surface area is 201 Å². The van der Waals surface area contributed by atoms with Crippen molar-refractivity contribution >= 4 is 33.3 Å². The van der Waals surface area contributed by atoms with Crippen molar-refractivity contribution in [3.63, 3.8) is 0 Å². The fourth-order valence-corrected chi connectivity index (χ4v) is 3.16. The molecule has 2 aromatic carbocycles. The minimum absolute atomic E-state index is 0.0244. The molecule has 172 valence electrons. The summed E-state index contributed by atoms with van der Waals surface area (Å²) in [7, 11) is 0. The summed E-state index contributed by atoms with van der Waals surface area (Å²) < 4.78 is 49.9. The zero-order chi connectivity index (χ0) is 23.8. The number of rotatable bonds is 9. The summed E-state index contributed by atoms with van der Waals surface area (Å²) in [5.41, 5.74) is -0.0640. The van der Waals surface area contributed by atoms with Crippen molar-refractivity contribution in [1.29, 1.82) is 5.26 Å². The third-order valence-corrected chi connectivity index (χ3v) is 4.96. The van der Waals surface area contributed by atoms with E-state index in [4.69, 9.17) is 21.1 Å². The summed E-state index contributed by atoms with van der Waals surface area (Å²) >= 11 is 9.30. The van der Waals surface area contributed by atoms with Gasteiger partial charge >= 0.3 is 6.18 Å². The largest absolute Gasteiger partial charge is 0.473 e. The molecule has 0 radical (unpaired) electrons. The van der Waals surface area contributed by atoms with Crippen LogP contribution in [0.1, 0.15) is 23.1 Å². The summed E-state index contributed by atoms with van der Waals surface area (Å²) in [5, 5.41) is 13.4.